The first kappa shape index (κ1) is 8.83. The highest BCUT2D eigenvalue weighted by molar-refractivity contribution is 5.86. The van der Waals surface area contributed by atoms with Crippen molar-refractivity contribution in [1.82, 2.24) is 4.57 Å². The second-order valence-electron chi connectivity index (χ2n) is 3.47. The van der Waals surface area contributed by atoms with Crippen LogP contribution in [0, 0.1) is 11.3 Å². The predicted molar refractivity (Wildman–Crippen MR) is 57.0 cm³/mol. The van der Waals surface area contributed by atoms with E-state index in [2.05, 4.69) is 25.1 Å². The Hall–Kier alpha value is -1.75. The van der Waals surface area contributed by atoms with Crippen LogP contribution < -0.4 is 0 Å². The second kappa shape index (κ2) is 3.19. The molecule has 0 saturated heterocycles. The fourth-order valence-corrected chi connectivity index (χ4v) is 1.74. The normalized spacial score (nSPS) is 10.4. The van der Waals surface area contributed by atoms with Crippen LogP contribution in [0.1, 0.15) is 18.1 Å². The highest BCUT2D eigenvalue weighted by Gasteiger charge is 2.05. The van der Waals surface area contributed by atoms with E-state index in [1.807, 2.05) is 23.9 Å². The third-order valence-corrected chi connectivity index (χ3v) is 2.58. The van der Waals surface area contributed by atoms with Crippen LogP contribution >= 0.6 is 0 Å². The lowest BCUT2D eigenvalue weighted by molar-refractivity contribution is 0.964. The molecule has 1 aromatic carbocycles. The molecule has 1 aromatic heterocycles. The third kappa shape index (κ3) is 1.18. The Morgan fingerprint density at radius 3 is 2.86 bits per heavy atom. The van der Waals surface area contributed by atoms with Crippen LogP contribution in [-0.4, -0.2) is 4.57 Å². The van der Waals surface area contributed by atoms with E-state index < -0.39 is 0 Å². The first-order chi connectivity index (χ1) is 6.76. The number of hydrogen-bond acceptors (Lipinski definition) is 1. The Labute approximate surface area is 83.4 Å². The molecule has 14 heavy (non-hydrogen) atoms. The summed E-state index contributed by atoms with van der Waals surface area (Å²) in [5, 5.41) is 9.96. The van der Waals surface area contributed by atoms with Crippen LogP contribution in [0.15, 0.2) is 24.4 Å². The number of nitrogens with zero attached hydrogens (tertiary/aromatic N) is 2. The van der Waals surface area contributed by atoms with Gasteiger partial charge in [0.2, 0.25) is 0 Å². The molecule has 70 valence electrons. The fraction of sp³-hybridized carbons (Fsp3) is 0.250. The van der Waals surface area contributed by atoms with E-state index in [1.165, 1.54) is 5.56 Å². The monoisotopic (exact) mass is 184 g/mol. The molecule has 0 aliphatic heterocycles. The van der Waals surface area contributed by atoms with Gasteiger partial charge in [0.15, 0.2) is 0 Å². The van der Waals surface area contributed by atoms with Crippen molar-refractivity contribution in [2.75, 3.05) is 0 Å². The highest BCUT2D eigenvalue weighted by Crippen LogP contribution is 2.21. The molecule has 2 nitrogen and oxygen atoms in total. The molecule has 0 N–H and O–H groups in total. The Kier molecular flexibility index (Phi) is 2.01. The van der Waals surface area contributed by atoms with Crippen molar-refractivity contribution in [3.8, 4) is 6.07 Å². The molecule has 2 aromatic rings. The molecule has 0 amide bonds. The molecular weight excluding hydrogens is 172 g/mol. The van der Waals surface area contributed by atoms with Gasteiger partial charge in [-0.05, 0) is 18.1 Å². The van der Waals surface area contributed by atoms with Gasteiger partial charge in [0.1, 0.15) is 6.07 Å². The number of hydrogen-bond donors (Lipinski definition) is 0. The number of nitriles is 1. The molecule has 1 heterocycles. The maximum absolute atomic E-state index is 8.91. The summed E-state index contributed by atoms with van der Waals surface area (Å²) in [5.74, 6) is 0. The van der Waals surface area contributed by atoms with E-state index >= 15 is 0 Å². The minimum Gasteiger partial charge on any atom is -0.349 e. The van der Waals surface area contributed by atoms with Gasteiger partial charge >= 0.3 is 0 Å². The number of rotatable bonds is 1. The number of aromatic nitrogens is 1. The molecule has 0 bridgehead atoms. The minimum atomic E-state index is 0.755. The van der Waals surface area contributed by atoms with Gasteiger partial charge in [-0.25, -0.2) is 0 Å². The molecule has 0 atom stereocenters. The summed E-state index contributed by atoms with van der Waals surface area (Å²) in [7, 11) is 1.97. The van der Waals surface area contributed by atoms with Crippen LogP contribution in [0.2, 0.25) is 0 Å². The van der Waals surface area contributed by atoms with E-state index in [0.29, 0.717) is 0 Å². The van der Waals surface area contributed by atoms with Gasteiger partial charge in [0.05, 0.1) is 5.56 Å². The summed E-state index contributed by atoms with van der Waals surface area (Å²) < 4.78 is 2.01. The number of fused-ring (bicyclic) bond motifs is 1. The van der Waals surface area contributed by atoms with Crippen LogP contribution in [0.4, 0.5) is 0 Å². The van der Waals surface area contributed by atoms with Crippen molar-refractivity contribution in [3.63, 3.8) is 0 Å². The molecule has 0 spiro atoms. The largest absolute Gasteiger partial charge is 0.349 e. The third-order valence-electron chi connectivity index (χ3n) is 2.58. The van der Waals surface area contributed by atoms with Crippen molar-refractivity contribution in [1.29, 1.82) is 5.26 Å². The van der Waals surface area contributed by atoms with Crippen LogP contribution in [0.5, 0.6) is 0 Å². The first-order valence-electron chi connectivity index (χ1n) is 4.74. The van der Waals surface area contributed by atoms with E-state index in [4.69, 9.17) is 5.26 Å². The van der Waals surface area contributed by atoms with Crippen molar-refractivity contribution in [2.24, 2.45) is 7.05 Å². The Bertz CT molecular complexity index is 515. The van der Waals surface area contributed by atoms with Gasteiger partial charge in [0.25, 0.3) is 0 Å². The van der Waals surface area contributed by atoms with Gasteiger partial charge in [-0.2, -0.15) is 5.26 Å². The molecular formula is C12H12N2. The Morgan fingerprint density at radius 2 is 2.21 bits per heavy atom. The van der Waals surface area contributed by atoms with Crippen LogP contribution in [0.25, 0.3) is 10.9 Å². The Balaban J connectivity index is 2.78. The molecule has 2 rings (SSSR count). The summed E-state index contributed by atoms with van der Waals surface area (Å²) in [5.41, 5.74) is 3.20. The van der Waals surface area contributed by atoms with Crippen LogP contribution in [-0.2, 0) is 13.5 Å². The zero-order chi connectivity index (χ0) is 10.1. The van der Waals surface area contributed by atoms with Gasteiger partial charge < -0.3 is 4.57 Å². The minimum absolute atomic E-state index is 0.755. The molecule has 0 radical (unpaired) electrons. The molecule has 0 aliphatic carbocycles. The van der Waals surface area contributed by atoms with E-state index in [9.17, 15) is 0 Å². The zero-order valence-electron chi connectivity index (χ0n) is 8.41. The quantitative estimate of drug-likeness (QED) is 0.669. The zero-order valence-corrected chi connectivity index (χ0v) is 8.41. The van der Waals surface area contributed by atoms with E-state index in [1.54, 1.807) is 0 Å². The van der Waals surface area contributed by atoms with E-state index in [-0.39, 0.29) is 0 Å². The second-order valence-corrected chi connectivity index (χ2v) is 3.47. The topological polar surface area (TPSA) is 28.7 Å². The molecule has 0 aliphatic rings. The van der Waals surface area contributed by atoms with Gasteiger partial charge in [0, 0.05) is 24.1 Å². The Morgan fingerprint density at radius 1 is 1.43 bits per heavy atom. The highest BCUT2D eigenvalue weighted by atomic mass is 14.9. The maximum atomic E-state index is 8.91. The summed E-state index contributed by atoms with van der Waals surface area (Å²) in [6, 6.07) is 8.48. The average molecular weight is 184 g/mol. The van der Waals surface area contributed by atoms with Crippen molar-refractivity contribution in [3.05, 3.63) is 35.5 Å². The van der Waals surface area contributed by atoms with Gasteiger partial charge in [-0.3, -0.25) is 0 Å². The predicted octanol–water partition coefficient (Wildman–Crippen LogP) is 2.61. The number of benzene rings is 1. The van der Waals surface area contributed by atoms with Crippen LogP contribution in [0.3, 0.4) is 0 Å². The van der Waals surface area contributed by atoms with Crippen molar-refractivity contribution in [2.45, 2.75) is 13.3 Å². The maximum Gasteiger partial charge on any atom is 0.101 e. The van der Waals surface area contributed by atoms with Crippen molar-refractivity contribution < 1.29 is 0 Å². The summed E-state index contributed by atoms with van der Waals surface area (Å²) in [6.45, 7) is 2.13. The molecule has 0 unspecified atom stereocenters. The first-order valence-corrected chi connectivity index (χ1v) is 4.74. The van der Waals surface area contributed by atoms with Crippen molar-refractivity contribution >= 4 is 10.9 Å². The van der Waals surface area contributed by atoms with Gasteiger partial charge in [-0.1, -0.05) is 19.1 Å². The fourth-order valence-electron chi connectivity index (χ4n) is 1.74. The van der Waals surface area contributed by atoms with E-state index in [0.717, 1.165) is 22.9 Å². The summed E-state index contributed by atoms with van der Waals surface area (Å²) in [6.07, 6.45) is 2.91. The molecule has 0 saturated carbocycles. The standard InChI is InChI=1S/C12H12N2/c1-3-9-4-5-11-10(7-13)8-14(2)12(11)6-9/h4-6,8H,3H2,1-2H3. The molecule has 2 heteroatoms. The smallest absolute Gasteiger partial charge is 0.101 e. The number of aryl methyl sites for hydroxylation is 2. The SMILES string of the molecule is CCc1ccc2c(C#N)cn(C)c2c1. The summed E-state index contributed by atoms with van der Waals surface area (Å²) in [4.78, 5) is 0. The average Bonchev–Trinajstić information content (AvgIpc) is 2.55. The lowest BCUT2D eigenvalue weighted by Crippen LogP contribution is -1.85. The lowest BCUT2D eigenvalue weighted by Gasteiger charge is -1.99. The summed E-state index contributed by atoms with van der Waals surface area (Å²) >= 11 is 0. The van der Waals surface area contributed by atoms with Gasteiger partial charge in [-0.15, -0.1) is 0 Å². The lowest BCUT2D eigenvalue weighted by atomic mass is 10.1. The molecule has 0 fully saturated rings.